The van der Waals surface area contributed by atoms with Crippen molar-refractivity contribution >= 4 is 12.4 Å². The number of piperidine rings is 1. The molecule has 1 heterocycles. The summed E-state index contributed by atoms with van der Waals surface area (Å²) < 4.78 is 0. The molecule has 23 heavy (non-hydrogen) atoms. The molecule has 0 radical (unpaired) electrons. The number of hydrogen-bond donors (Lipinski definition) is 1. The van der Waals surface area contributed by atoms with Gasteiger partial charge in [0.05, 0.1) is 0 Å². The van der Waals surface area contributed by atoms with Gasteiger partial charge in [-0.25, -0.2) is 0 Å². The first-order valence-electron chi connectivity index (χ1n) is 8.29. The van der Waals surface area contributed by atoms with Crippen LogP contribution in [0.4, 0.5) is 0 Å². The lowest BCUT2D eigenvalue weighted by molar-refractivity contribution is 0.154. The molecule has 0 atom stereocenters. The Balaban J connectivity index is 0.00000192. The number of nitrogens with zero attached hydrogens (tertiary/aromatic N) is 1. The van der Waals surface area contributed by atoms with Crippen LogP contribution in [0.25, 0.3) is 0 Å². The van der Waals surface area contributed by atoms with Crippen LogP contribution in [0, 0.1) is 0 Å². The number of aliphatic hydroxyl groups excluding tert-OH is 1. The molecule has 0 aromatic heterocycles. The summed E-state index contributed by atoms with van der Waals surface area (Å²) in [7, 11) is 0. The molecule has 1 N–H and O–H groups in total. The average molecular weight is 332 g/mol. The molecule has 3 heteroatoms. The van der Waals surface area contributed by atoms with Gasteiger partial charge in [0.25, 0.3) is 0 Å². The van der Waals surface area contributed by atoms with E-state index in [9.17, 15) is 0 Å². The van der Waals surface area contributed by atoms with E-state index in [2.05, 4.69) is 65.6 Å². The van der Waals surface area contributed by atoms with Crippen molar-refractivity contribution in [1.29, 1.82) is 0 Å². The average Bonchev–Trinajstić information content (AvgIpc) is 2.61. The van der Waals surface area contributed by atoms with Crippen molar-refractivity contribution in [1.82, 2.24) is 4.90 Å². The van der Waals surface area contributed by atoms with E-state index < -0.39 is 0 Å². The van der Waals surface area contributed by atoms with Crippen LogP contribution in [0.3, 0.4) is 0 Å². The molecule has 0 amide bonds. The molecule has 0 spiro atoms. The Bertz CT molecular complexity index is 533. The van der Waals surface area contributed by atoms with Gasteiger partial charge in [-0.1, -0.05) is 60.7 Å². The van der Waals surface area contributed by atoms with Crippen molar-refractivity contribution in [3.05, 3.63) is 71.8 Å². The van der Waals surface area contributed by atoms with Crippen LogP contribution in [0.1, 0.15) is 30.4 Å². The summed E-state index contributed by atoms with van der Waals surface area (Å²) in [6.07, 6.45) is 3.26. The fourth-order valence-corrected chi connectivity index (χ4v) is 3.78. The highest BCUT2D eigenvalue weighted by Crippen LogP contribution is 2.40. The van der Waals surface area contributed by atoms with Crippen molar-refractivity contribution in [2.24, 2.45) is 0 Å². The number of hydrogen-bond acceptors (Lipinski definition) is 2. The van der Waals surface area contributed by atoms with Crippen LogP contribution in [-0.4, -0.2) is 36.2 Å². The molecule has 0 unspecified atom stereocenters. The van der Waals surface area contributed by atoms with E-state index in [1.165, 1.54) is 24.0 Å². The molecule has 124 valence electrons. The highest BCUT2D eigenvalue weighted by Gasteiger charge is 2.38. The minimum Gasteiger partial charge on any atom is -0.396 e. The van der Waals surface area contributed by atoms with E-state index in [-0.39, 0.29) is 24.4 Å². The second-order valence-electron chi connectivity index (χ2n) is 6.27. The summed E-state index contributed by atoms with van der Waals surface area (Å²) in [6.45, 7) is 3.44. The minimum absolute atomic E-state index is 0. The lowest BCUT2D eigenvalue weighted by Gasteiger charge is -2.44. The van der Waals surface area contributed by atoms with Gasteiger partial charge in [0.2, 0.25) is 0 Å². The molecular weight excluding hydrogens is 306 g/mol. The van der Waals surface area contributed by atoms with Gasteiger partial charge < -0.3 is 10.0 Å². The summed E-state index contributed by atoms with van der Waals surface area (Å²) in [6, 6.07) is 21.8. The van der Waals surface area contributed by atoms with Gasteiger partial charge in [-0.15, -0.1) is 12.4 Å². The van der Waals surface area contributed by atoms with E-state index in [0.717, 1.165) is 26.1 Å². The topological polar surface area (TPSA) is 23.5 Å². The van der Waals surface area contributed by atoms with Crippen molar-refractivity contribution in [2.45, 2.75) is 24.7 Å². The second-order valence-corrected chi connectivity index (χ2v) is 6.27. The number of aliphatic hydroxyl groups is 1. The Kier molecular flexibility index (Phi) is 6.64. The lowest BCUT2D eigenvalue weighted by Crippen LogP contribution is -2.47. The molecule has 1 aliphatic heterocycles. The molecule has 2 aromatic rings. The SMILES string of the molecule is Cl.OCCCN1CCCC(c2ccccc2)(c2ccccc2)C1. The Morgan fingerprint density at radius 2 is 1.48 bits per heavy atom. The Morgan fingerprint density at radius 1 is 0.913 bits per heavy atom. The Morgan fingerprint density at radius 3 is 2.00 bits per heavy atom. The first-order chi connectivity index (χ1) is 10.8. The molecule has 1 fully saturated rings. The summed E-state index contributed by atoms with van der Waals surface area (Å²) in [5.41, 5.74) is 2.90. The van der Waals surface area contributed by atoms with Crippen LogP contribution < -0.4 is 0 Å². The standard InChI is InChI=1S/C20H25NO.ClH/c22-16-8-15-21-14-7-13-20(17-21,18-9-3-1-4-10-18)19-11-5-2-6-12-19;/h1-6,9-12,22H,7-8,13-17H2;1H. The zero-order valence-electron chi connectivity index (χ0n) is 13.5. The molecule has 1 saturated heterocycles. The molecule has 0 aliphatic carbocycles. The van der Waals surface area contributed by atoms with Gasteiger partial charge in [0.15, 0.2) is 0 Å². The summed E-state index contributed by atoms with van der Waals surface area (Å²) >= 11 is 0. The van der Waals surface area contributed by atoms with Gasteiger partial charge in [-0.3, -0.25) is 0 Å². The van der Waals surface area contributed by atoms with Gasteiger partial charge >= 0.3 is 0 Å². The number of rotatable bonds is 5. The van der Waals surface area contributed by atoms with E-state index >= 15 is 0 Å². The maximum Gasteiger partial charge on any atom is 0.0443 e. The summed E-state index contributed by atoms with van der Waals surface area (Å²) in [5.74, 6) is 0. The quantitative estimate of drug-likeness (QED) is 0.899. The van der Waals surface area contributed by atoms with Crippen molar-refractivity contribution in [2.75, 3.05) is 26.2 Å². The monoisotopic (exact) mass is 331 g/mol. The molecule has 2 nitrogen and oxygen atoms in total. The first-order valence-corrected chi connectivity index (χ1v) is 8.29. The Labute approximate surface area is 145 Å². The third-order valence-corrected chi connectivity index (χ3v) is 4.86. The van der Waals surface area contributed by atoms with E-state index in [1.54, 1.807) is 0 Å². The number of benzene rings is 2. The van der Waals surface area contributed by atoms with Crippen molar-refractivity contribution < 1.29 is 5.11 Å². The highest BCUT2D eigenvalue weighted by molar-refractivity contribution is 5.85. The van der Waals surface area contributed by atoms with Crippen LogP contribution in [0.15, 0.2) is 60.7 Å². The van der Waals surface area contributed by atoms with Gasteiger partial charge in [-0.2, -0.15) is 0 Å². The molecule has 1 aliphatic rings. The van der Waals surface area contributed by atoms with Crippen molar-refractivity contribution in [3.8, 4) is 0 Å². The third-order valence-electron chi connectivity index (χ3n) is 4.86. The maximum absolute atomic E-state index is 9.13. The van der Waals surface area contributed by atoms with Crippen LogP contribution in [0.5, 0.6) is 0 Å². The van der Waals surface area contributed by atoms with E-state index in [1.807, 2.05) is 0 Å². The molecule has 0 bridgehead atoms. The molecule has 3 rings (SSSR count). The fourth-order valence-electron chi connectivity index (χ4n) is 3.78. The first kappa shape index (κ1) is 18.0. The predicted octanol–water partition coefficient (Wildman–Crippen LogP) is 3.87. The number of likely N-dealkylation sites (tertiary alicyclic amines) is 1. The van der Waals surface area contributed by atoms with Crippen LogP contribution >= 0.6 is 12.4 Å². The van der Waals surface area contributed by atoms with Gasteiger partial charge in [0, 0.05) is 25.1 Å². The second kappa shape index (κ2) is 8.49. The zero-order valence-corrected chi connectivity index (χ0v) is 14.3. The Hall–Kier alpha value is -1.35. The fraction of sp³-hybridized carbons (Fsp3) is 0.400. The van der Waals surface area contributed by atoms with Crippen LogP contribution in [-0.2, 0) is 5.41 Å². The van der Waals surface area contributed by atoms with Crippen molar-refractivity contribution in [3.63, 3.8) is 0 Å². The number of halogens is 1. The van der Waals surface area contributed by atoms with Gasteiger partial charge in [0.1, 0.15) is 0 Å². The normalized spacial score (nSPS) is 17.4. The largest absolute Gasteiger partial charge is 0.396 e. The minimum atomic E-state index is 0. The van der Waals surface area contributed by atoms with E-state index in [4.69, 9.17) is 5.11 Å². The molecular formula is C20H26ClNO. The zero-order chi connectivity index (χ0) is 15.3. The third kappa shape index (κ3) is 3.95. The highest BCUT2D eigenvalue weighted by atomic mass is 35.5. The molecule has 2 aromatic carbocycles. The van der Waals surface area contributed by atoms with Crippen LogP contribution in [0.2, 0.25) is 0 Å². The summed E-state index contributed by atoms with van der Waals surface area (Å²) in [4.78, 5) is 2.51. The predicted molar refractivity (Wildman–Crippen MR) is 98.3 cm³/mol. The van der Waals surface area contributed by atoms with Gasteiger partial charge in [-0.05, 0) is 36.9 Å². The lowest BCUT2D eigenvalue weighted by atomic mass is 9.69. The smallest absolute Gasteiger partial charge is 0.0443 e. The summed E-state index contributed by atoms with van der Waals surface area (Å²) in [5, 5.41) is 9.13. The molecule has 0 saturated carbocycles. The maximum atomic E-state index is 9.13. The van der Waals surface area contributed by atoms with E-state index in [0.29, 0.717) is 0 Å².